The first-order chi connectivity index (χ1) is 15.8. The molecule has 5 atom stereocenters. The van der Waals surface area contributed by atoms with E-state index in [1.807, 2.05) is 23.0 Å². The van der Waals surface area contributed by atoms with E-state index in [-0.39, 0.29) is 6.04 Å². The van der Waals surface area contributed by atoms with E-state index < -0.39 is 0 Å². The third kappa shape index (κ3) is 3.49. The summed E-state index contributed by atoms with van der Waals surface area (Å²) < 4.78 is 1.97. The molecule has 5 heterocycles. The third-order valence-electron chi connectivity index (χ3n) is 7.38. The van der Waals surface area contributed by atoms with Crippen LogP contribution in [0.5, 0.6) is 0 Å². The van der Waals surface area contributed by atoms with Gasteiger partial charge >= 0.3 is 0 Å². The van der Waals surface area contributed by atoms with Gasteiger partial charge in [0, 0.05) is 42.3 Å². The van der Waals surface area contributed by atoms with E-state index in [0.717, 1.165) is 37.3 Å². The Morgan fingerprint density at radius 1 is 1.03 bits per heavy atom. The number of pyridine rings is 1. The van der Waals surface area contributed by atoms with Crippen LogP contribution in [0, 0.1) is 5.92 Å². The number of nitrogens with zero attached hydrogens (tertiary/aromatic N) is 5. The number of para-hydroxylation sites is 1. The summed E-state index contributed by atoms with van der Waals surface area (Å²) >= 11 is 0. The second kappa shape index (κ2) is 8.11. The molecule has 3 saturated heterocycles. The molecule has 2 N–H and O–H groups in total. The van der Waals surface area contributed by atoms with E-state index in [1.165, 1.54) is 22.9 Å². The van der Waals surface area contributed by atoms with Gasteiger partial charge in [-0.15, -0.1) is 5.10 Å². The van der Waals surface area contributed by atoms with Crippen molar-refractivity contribution in [1.29, 1.82) is 0 Å². The molecule has 4 aromatic rings. The van der Waals surface area contributed by atoms with E-state index in [0.29, 0.717) is 17.9 Å². The van der Waals surface area contributed by atoms with Crippen LogP contribution in [-0.4, -0.2) is 44.0 Å². The lowest BCUT2D eigenvalue weighted by molar-refractivity contribution is 0.0168. The smallest absolute Gasteiger partial charge is 0.0873 e. The average Bonchev–Trinajstić information content (AvgIpc) is 3.32. The fraction of sp³-hybridized carbons (Fsp3) is 0.346. The van der Waals surface area contributed by atoms with Crippen molar-refractivity contribution in [2.45, 2.75) is 37.4 Å². The lowest BCUT2D eigenvalue weighted by atomic mass is 9.72. The van der Waals surface area contributed by atoms with Crippen LogP contribution < -0.4 is 5.73 Å². The van der Waals surface area contributed by atoms with E-state index >= 15 is 0 Å². The summed E-state index contributed by atoms with van der Waals surface area (Å²) in [5.74, 6) is 1.04. The summed E-state index contributed by atoms with van der Waals surface area (Å²) in [6.45, 7) is 2.88. The predicted molar refractivity (Wildman–Crippen MR) is 125 cm³/mol. The first kappa shape index (κ1) is 19.6. The van der Waals surface area contributed by atoms with E-state index in [1.54, 1.807) is 0 Å². The van der Waals surface area contributed by atoms with Crippen LogP contribution in [0.25, 0.3) is 10.9 Å². The molecule has 1 unspecified atom stereocenters. The predicted octanol–water partition coefficient (Wildman–Crippen LogP) is 3.75. The maximum Gasteiger partial charge on any atom is 0.0873 e. The maximum atomic E-state index is 6.89. The minimum absolute atomic E-state index is 0.0135. The number of hydrogen-bond acceptors (Lipinski definition) is 5. The number of benzene rings is 2. The van der Waals surface area contributed by atoms with Gasteiger partial charge in [0.1, 0.15) is 0 Å². The SMILES string of the molecule is N[C@H](c1ccnc2ccccc12)[C@@H]1C[C@@H]2CCN1C[C@@H]2c1cn(Cc2ccccc2)nn1. The molecular weight excluding hydrogens is 396 g/mol. The molecule has 2 aromatic heterocycles. The molecule has 0 radical (unpaired) electrons. The number of aromatic nitrogens is 4. The minimum Gasteiger partial charge on any atom is -0.323 e. The van der Waals surface area contributed by atoms with Crippen LogP contribution in [-0.2, 0) is 6.54 Å². The summed E-state index contributed by atoms with van der Waals surface area (Å²) in [4.78, 5) is 7.10. The van der Waals surface area contributed by atoms with Crippen molar-refractivity contribution < 1.29 is 0 Å². The summed E-state index contributed by atoms with van der Waals surface area (Å²) in [6.07, 6.45) is 6.34. The third-order valence-corrected chi connectivity index (χ3v) is 7.38. The molecule has 3 fully saturated rings. The Morgan fingerprint density at radius 3 is 2.72 bits per heavy atom. The molecule has 162 valence electrons. The van der Waals surface area contributed by atoms with E-state index in [4.69, 9.17) is 5.73 Å². The highest BCUT2D eigenvalue weighted by molar-refractivity contribution is 5.82. The van der Waals surface area contributed by atoms with Gasteiger partial charge < -0.3 is 5.73 Å². The number of hydrogen-bond donors (Lipinski definition) is 1. The highest BCUT2D eigenvalue weighted by Crippen LogP contribution is 2.44. The Hall–Kier alpha value is -3.09. The normalized spacial score (nSPS) is 25.8. The van der Waals surface area contributed by atoms with Gasteiger partial charge in [-0.1, -0.05) is 53.7 Å². The van der Waals surface area contributed by atoms with Crippen LogP contribution in [0.15, 0.2) is 73.1 Å². The maximum absolute atomic E-state index is 6.89. The largest absolute Gasteiger partial charge is 0.323 e. The first-order valence-electron chi connectivity index (χ1n) is 11.5. The molecule has 6 heteroatoms. The van der Waals surface area contributed by atoms with Crippen LogP contribution in [0.3, 0.4) is 0 Å². The van der Waals surface area contributed by atoms with Gasteiger partial charge in [-0.05, 0) is 48.6 Å². The molecule has 2 aromatic carbocycles. The topological polar surface area (TPSA) is 72.9 Å². The van der Waals surface area contributed by atoms with Crippen LogP contribution >= 0.6 is 0 Å². The molecule has 0 spiro atoms. The standard InChI is InChI=1S/C26H28N6/c27-26(21-10-12-28-23-9-5-4-8-20(21)23)25-14-19-11-13-31(25)16-22(19)24-17-32(30-29-24)15-18-6-2-1-3-7-18/h1-10,12,17,19,22,25-26H,11,13-16,27H2/t19-,22-,25-,26+/m0/s1. The van der Waals surface area contributed by atoms with Gasteiger partial charge in [-0.2, -0.15) is 0 Å². The fourth-order valence-electron chi connectivity index (χ4n) is 5.72. The summed E-state index contributed by atoms with van der Waals surface area (Å²) in [5, 5.41) is 10.2. The number of fused-ring (bicyclic) bond motifs is 4. The van der Waals surface area contributed by atoms with Gasteiger partial charge in [0.15, 0.2) is 0 Å². The van der Waals surface area contributed by atoms with Crippen LogP contribution in [0.1, 0.15) is 41.6 Å². The van der Waals surface area contributed by atoms with Gasteiger partial charge in [-0.25, -0.2) is 4.68 Å². The average molecular weight is 425 g/mol. The highest BCUT2D eigenvalue weighted by atomic mass is 15.4. The Kier molecular flexibility index (Phi) is 4.97. The van der Waals surface area contributed by atoms with Crippen molar-refractivity contribution in [2.75, 3.05) is 13.1 Å². The van der Waals surface area contributed by atoms with Crippen molar-refractivity contribution in [3.63, 3.8) is 0 Å². The molecule has 0 amide bonds. The number of rotatable bonds is 5. The molecular formula is C26H28N6. The Balaban J connectivity index is 1.20. The highest BCUT2D eigenvalue weighted by Gasteiger charge is 2.44. The molecule has 6 nitrogen and oxygen atoms in total. The molecule has 0 aliphatic carbocycles. The molecule has 2 bridgehead atoms. The monoisotopic (exact) mass is 424 g/mol. The quantitative estimate of drug-likeness (QED) is 0.528. The Labute approximate surface area is 188 Å². The van der Waals surface area contributed by atoms with Gasteiger partial charge in [0.25, 0.3) is 0 Å². The van der Waals surface area contributed by atoms with Gasteiger partial charge in [-0.3, -0.25) is 9.88 Å². The Bertz CT molecular complexity index is 1210. The molecule has 7 rings (SSSR count). The summed E-state index contributed by atoms with van der Waals surface area (Å²) in [6, 6.07) is 21.2. The second-order valence-electron chi connectivity index (χ2n) is 9.22. The zero-order valence-corrected chi connectivity index (χ0v) is 18.1. The second-order valence-corrected chi connectivity index (χ2v) is 9.22. The zero-order chi connectivity index (χ0) is 21.5. The molecule has 32 heavy (non-hydrogen) atoms. The van der Waals surface area contributed by atoms with E-state index in [9.17, 15) is 0 Å². The van der Waals surface area contributed by atoms with Gasteiger partial charge in [0.2, 0.25) is 0 Å². The van der Waals surface area contributed by atoms with E-state index in [2.05, 4.69) is 74.9 Å². The van der Waals surface area contributed by atoms with Gasteiger partial charge in [0.05, 0.1) is 17.8 Å². The molecule has 0 saturated carbocycles. The molecule has 3 aliphatic heterocycles. The number of piperidine rings is 3. The van der Waals surface area contributed by atoms with Crippen molar-refractivity contribution in [3.8, 4) is 0 Å². The fourth-order valence-corrected chi connectivity index (χ4v) is 5.72. The first-order valence-corrected chi connectivity index (χ1v) is 11.5. The lowest BCUT2D eigenvalue weighted by Crippen LogP contribution is -2.55. The minimum atomic E-state index is -0.0135. The van der Waals surface area contributed by atoms with Crippen molar-refractivity contribution in [2.24, 2.45) is 11.7 Å². The summed E-state index contributed by atoms with van der Waals surface area (Å²) in [7, 11) is 0. The van der Waals surface area contributed by atoms with Crippen molar-refractivity contribution in [1.82, 2.24) is 24.9 Å². The van der Waals surface area contributed by atoms with Crippen LogP contribution in [0.4, 0.5) is 0 Å². The lowest BCUT2D eigenvalue weighted by Gasteiger charge is -2.51. The zero-order valence-electron chi connectivity index (χ0n) is 18.1. The Morgan fingerprint density at radius 2 is 1.88 bits per heavy atom. The summed E-state index contributed by atoms with van der Waals surface area (Å²) in [5.41, 5.74) is 11.5. The molecule has 3 aliphatic rings. The van der Waals surface area contributed by atoms with Crippen molar-refractivity contribution >= 4 is 10.9 Å². The number of nitrogens with two attached hydrogens (primary N) is 1. The van der Waals surface area contributed by atoms with Crippen molar-refractivity contribution in [3.05, 3.63) is 89.9 Å². The van der Waals surface area contributed by atoms with Crippen LogP contribution in [0.2, 0.25) is 0 Å².